The highest BCUT2D eigenvalue weighted by Crippen LogP contribution is 2.31. The van der Waals surface area contributed by atoms with Crippen molar-refractivity contribution in [3.05, 3.63) is 30.3 Å². The summed E-state index contributed by atoms with van der Waals surface area (Å²) in [6.07, 6.45) is 4.49. The molecule has 1 N–H and O–H groups in total. The molecule has 0 aromatic heterocycles. The van der Waals surface area contributed by atoms with Crippen LogP contribution >= 0.6 is 0 Å². The van der Waals surface area contributed by atoms with Gasteiger partial charge in [-0.2, -0.15) is 0 Å². The van der Waals surface area contributed by atoms with Gasteiger partial charge < -0.3 is 5.32 Å². The maximum Gasteiger partial charge on any atom is 0.228 e. The van der Waals surface area contributed by atoms with Crippen molar-refractivity contribution >= 4 is 11.6 Å². The van der Waals surface area contributed by atoms with Crippen LogP contribution in [0.25, 0.3) is 0 Å². The normalized spacial score (nSPS) is 13.1. The molecule has 1 amide bonds. The number of carbonyl (C=O) groups is 1. The molecule has 1 atom stereocenters. The molecule has 0 fully saturated rings. The standard InChI is InChI=1S/C17H27NO/c1-5-6-8-13-15(17(2,3)4)16(19)18-14-11-9-7-10-12-14/h7,9-12,15H,5-6,8,13H2,1-4H3,(H,18,19). The van der Waals surface area contributed by atoms with Crippen molar-refractivity contribution in [2.75, 3.05) is 5.32 Å². The van der Waals surface area contributed by atoms with E-state index in [9.17, 15) is 4.79 Å². The van der Waals surface area contributed by atoms with Gasteiger partial charge in [-0.3, -0.25) is 4.79 Å². The first kappa shape index (κ1) is 15.7. The monoisotopic (exact) mass is 261 g/mol. The Labute approximate surface area is 117 Å². The van der Waals surface area contributed by atoms with Crippen molar-refractivity contribution < 1.29 is 4.79 Å². The largest absolute Gasteiger partial charge is 0.326 e. The lowest BCUT2D eigenvalue weighted by atomic mass is 9.77. The average molecular weight is 261 g/mol. The summed E-state index contributed by atoms with van der Waals surface area (Å²) >= 11 is 0. The summed E-state index contributed by atoms with van der Waals surface area (Å²) in [4.78, 5) is 12.4. The number of hydrogen-bond donors (Lipinski definition) is 1. The van der Waals surface area contributed by atoms with E-state index in [1.165, 1.54) is 12.8 Å². The second-order valence-corrected chi connectivity index (χ2v) is 6.27. The van der Waals surface area contributed by atoms with Gasteiger partial charge in [-0.1, -0.05) is 65.2 Å². The fourth-order valence-electron chi connectivity index (χ4n) is 2.31. The fraction of sp³-hybridized carbons (Fsp3) is 0.588. The van der Waals surface area contributed by atoms with Crippen molar-refractivity contribution in [1.29, 1.82) is 0 Å². The molecular formula is C17H27NO. The van der Waals surface area contributed by atoms with Crippen LogP contribution in [0, 0.1) is 11.3 Å². The van der Waals surface area contributed by atoms with Gasteiger partial charge in [0.25, 0.3) is 0 Å². The minimum Gasteiger partial charge on any atom is -0.326 e. The quantitative estimate of drug-likeness (QED) is 0.727. The summed E-state index contributed by atoms with van der Waals surface area (Å²) in [7, 11) is 0. The van der Waals surface area contributed by atoms with Crippen LogP contribution in [-0.4, -0.2) is 5.91 Å². The highest BCUT2D eigenvalue weighted by atomic mass is 16.1. The molecular weight excluding hydrogens is 234 g/mol. The van der Waals surface area contributed by atoms with Crippen LogP contribution in [0.4, 0.5) is 5.69 Å². The van der Waals surface area contributed by atoms with E-state index in [1.807, 2.05) is 30.3 Å². The molecule has 0 spiro atoms. The number of carbonyl (C=O) groups excluding carboxylic acids is 1. The van der Waals surface area contributed by atoms with E-state index >= 15 is 0 Å². The van der Waals surface area contributed by atoms with Gasteiger partial charge >= 0.3 is 0 Å². The first-order chi connectivity index (χ1) is 8.95. The lowest BCUT2D eigenvalue weighted by molar-refractivity contribution is -0.123. The van der Waals surface area contributed by atoms with E-state index in [4.69, 9.17) is 0 Å². The summed E-state index contributed by atoms with van der Waals surface area (Å²) in [5, 5.41) is 3.04. The minimum atomic E-state index is 0.00655. The highest BCUT2D eigenvalue weighted by Gasteiger charge is 2.30. The first-order valence-electron chi connectivity index (χ1n) is 7.31. The Hall–Kier alpha value is -1.31. The molecule has 106 valence electrons. The molecule has 1 aromatic carbocycles. The molecule has 2 nitrogen and oxygen atoms in total. The van der Waals surface area contributed by atoms with E-state index in [1.54, 1.807) is 0 Å². The third kappa shape index (κ3) is 5.46. The van der Waals surface area contributed by atoms with Crippen molar-refractivity contribution in [1.82, 2.24) is 0 Å². The molecule has 0 aliphatic rings. The Bertz CT molecular complexity index is 378. The summed E-state index contributed by atoms with van der Waals surface area (Å²) in [6, 6.07) is 9.71. The Morgan fingerprint density at radius 1 is 1.16 bits per heavy atom. The Balaban J connectivity index is 2.66. The number of anilines is 1. The molecule has 1 rings (SSSR count). The van der Waals surface area contributed by atoms with Crippen LogP contribution in [-0.2, 0) is 4.79 Å². The molecule has 0 aliphatic carbocycles. The van der Waals surface area contributed by atoms with E-state index in [0.717, 1.165) is 18.5 Å². The number of benzene rings is 1. The molecule has 0 saturated heterocycles. The number of rotatable bonds is 6. The SMILES string of the molecule is CCCCCC(C(=O)Nc1ccccc1)C(C)(C)C. The molecule has 19 heavy (non-hydrogen) atoms. The maximum absolute atomic E-state index is 12.4. The topological polar surface area (TPSA) is 29.1 Å². The minimum absolute atomic E-state index is 0.00655. The van der Waals surface area contributed by atoms with E-state index in [0.29, 0.717) is 0 Å². The highest BCUT2D eigenvalue weighted by molar-refractivity contribution is 5.92. The zero-order valence-corrected chi connectivity index (χ0v) is 12.7. The van der Waals surface area contributed by atoms with Gasteiger partial charge in [0.05, 0.1) is 0 Å². The molecule has 0 heterocycles. The van der Waals surface area contributed by atoms with E-state index in [2.05, 4.69) is 33.0 Å². The molecule has 2 heteroatoms. The van der Waals surface area contributed by atoms with Gasteiger partial charge in [0.15, 0.2) is 0 Å². The zero-order chi connectivity index (χ0) is 14.3. The Morgan fingerprint density at radius 3 is 2.32 bits per heavy atom. The van der Waals surface area contributed by atoms with Crippen LogP contribution < -0.4 is 5.32 Å². The van der Waals surface area contributed by atoms with Crippen molar-refractivity contribution in [3.8, 4) is 0 Å². The lowest BCUT2D eigenvalue weighted by Crippen LogP contribution is -2.33. The number of hydrogen-bond acceptors (Lipinski definition) is 1. The Kier molecular flexibility index (Phi) is 6.07. The average Bonchev–Trinajstić information content (AvgIpc) is 2.34. The van der Waals surface area contributed by atoms with Gasteiger partial charge in [0.2, 0.25) is 5.91 Å². The lowest BCUT2D eigenvalue weighted by Gasteiger charge is -2.29. The maximum atomic E-state index is 12.4. The molecule has 1 unspecified atom stereocenters. The molecule has 0 saturated carbocycles. The third-order valence-corrected chi connectivity index (χ3v) is 3.50. The van der Waals surface area contributed by atoms with Gasteiger partial charge in [-0.05, 0) is 24.0 Å². The number of nitrogens with one attached hydrogen (secondary N) is 1. The van der Waals surface area contributed by atoms with Gasteiger partial charge in [0, 0.05) is 11.6 Å². The molecule has 1 aromatic rings. The van der Waals surface area contributed by atoms with Gasteiger partial charge in [0.1, 0.15) is 0 Å². The van der Waals surface area contributed by atoms with Crippen LogP contribution in [0.3, 0.4) is 0 Å². The number of amides is 1. The van der Waals surface area contributed by atoms with Crippen molar-refractivity contribution in [2.24, 2.45) is 11.3 Å². The van der Waals surface area contributed by atoms with Crippen LogP contribution in [0.5, 0.6) is 0 Å². The smallest absolute Gasteiger partial charge is 0.228 e. The van der Waals surface area contributed by atoms with Gasteiger partial charge in [-0.25, -0.2) is 0 Å². The second-order valence-electron chi connectivity index (χ2n) is 6.27. The summed E-state index contributed by atoms with van der Waals surface area (Å²) in [5.41, 5.74) is 0.893. The summed E-state index contributed by atoms with van der Waals surface area (Å²) in [5.74, 6) is 0.217. The van der Waals surface area contributed by atoms with Crippen molar-refractivity contribution in [3.63, 3.8) is 0 Å². The third-order valence-electron chi connectivity index (χ3n) is 3.50. The number of unbranched alkanes of at least 4 members (excludes halogenated alkanes) is 2. The van der Waals surface area contributed by atoms with E-state index in [-0.39, 0.29) is 17.2 Å². The molecule has 0 aliphatic heterocycles. The van der Waals surface area contributed by atoms with Crippen molar-refractivity contribution in [2.45, 2.75) is 53.4 Å². The molecule has 0 radical (unpaired) electrons. The predicted molar refractivity (Wildman–Crippen MR) is 82.2 cm³/mol. The summed E-state index contributed by atoms with van der Waals surface area (Å²) < 4.78 is 0. The van der Waals surface area contributed by atoms with E-state index < -0.39 is 0 Å². The van der Waals surface area contributed by atoms with Gasteiger partial charge in [-0.15, -0.1) is 0 Å². The molecule has 0 bridgehead atoms. The predicted octanol–water partition coefficient (Wildman–Crippen LogP) is 4.87. The zero-order valence-electron chi connectivity index (χ0n) is 12.7. The fourth-order valence-corrected chi connectivity index (χ4v) is 2.31. The van der Waals surface area contributed by atoms with Crippen LogP contribution in [0.1, 0.15) is 53.4 Å². The Morgan fingerprint density at radius 2 is 1.79 bits per heavy atom. The second kappa shape index (κ2) is 7.32. The number of para-hydroxylation sites is 1. The summed E-state index contributed by atoms with van der Waals surface area (Å²) in [6.45, 7) is 8.63. The van der Waals surface area contributed by atoms with Crippen LogP contribution in [0.2, 0.25) is 0 Å². The van der Waals surface area contributed by atoms with Crippen LogP contribution in [0.15, 0.2) is 30.3 Å². The first-order valence-corrected chi connectivity index (χ1v) is 7.31.